The summed E-state index contributed by atoms with van der Waals surface area (Å²) in [5.74, 6) is -0.264. The van der Waals surface area contributed by atoms with Gasteiger partial charge in [0.15, 0.2) is 0 Å². The molecule has 0 aliphatic heterocycles. The van der Waals surface area contributed by atoms with E-state index in [1.54, 1.807) is 12.1 Å². The highest BCUT2D eigenvalue weighted by Crippen LogP contribution is 2.29. The van der Waals surface area contributed by atoms with Crippen LogP contribution in [0.2, 0.25) is 0 Å². The van der Waals surface area contributed by atoms with E-state index < -0.39 is 5.97 Å². The number of benzene rings is 1. The fourth-order valence-corrected chi connectivity index (χ4v) is 2.60. The number of carboxylic acid groups (broad SMARTS) is 1. The number of hydrogen-bond donors (Lipinski definition) is 3. The number of aromatic amines is 1. The smallest absolute Gasteiger partial charge is 0.342 e. The van der Waals surface area contributed by atoms with Crippen LogP contribution in [0.3, 0.4) is 0 Å². The van der Waals surface area contributed by atoms with Crippen molar-refractivity contribution in [3.05, 3.63) is 39.0 Å². The van der Waals surface area contributed by atoms with Gasteiger partial charge < -0.3 is 10.2 Å². The lowest BCUT2D eigenvalue weighted by atomic mass is 10.2. The average Bonchev–Trinajstić information content (AvgIpc) is 2.90. The monoisotopic (exact) mass is 369 g/mol. The number of halogens is 1. The lowest BCUT2D eigenvalue weighted by Crippen LogP contribution is -1.97. The van der Waals surface area contributed by atoms with Crippen molar-refractivity contribution in [2.45, 2.75) is 18.5 Å². The Morgan fingerprint density at radius 1 is 1.52 bits per heavy atom. The van der Waals surface area contributed by atoms with Crippen LogP contribution in [0.5, 0.6) is 5.75 Å². The van der Waals surface area contributed by atoms with Gasteiger partial charge in [-0.05, 0) is 51.5 Å². The minimum absolute atomic E-state index is 0.0919. The number of hydrogen-bond acceptors (Lipinski definition) is 5. The van der Waals surface area contributed by atoms with Gasteiger partial charge >= 0.3 is 5.97 Å². The van der Waals surface area contributed by atoms with Gasteiger partial charge in [-0.3, -0.25) is 5.10 Å². The fourth-order valence-electron chi connectivity index (χ4n) is 1.48. The van der Waals surface area contributed by atoms with Crippen molar-refractivity contribution < 1.29 is 15.0 Å². The molecule has 8 heteroatoms. The zero-order chi connectivity index (χ0) is 15.4. The average molecular weight is 370 g/mol. The summed E-state index contributed by atoms with van der Waals surface area (Å²) in [7, 11) is 0. The van der Waals surface area contributed by atoms with E-state index in [9.17, 15) is 15.0 Å². The van der Waals surface area contributed by atoms with Crippen molar-refractivity contribution in [1.82, 2.24) is 15.2 Å². The minimum atomic E-state index is -1.06. The molecule has 0 spiro atoms. The number of nitrogens with one attached hydrogen (secondary N) is 1. The van der Waals surface area contributed by atoms with Gasteiger partial charge in [0.25, 0.3) is 0 Å². The molecule has 0 amide bonds. The number of H-pyrrole nitrogens is 1. The Morgan fingerprint density at radius 3 is 2.86 bits per heavy atom. The molecule has 0 saturated carbocycles. The highest BCUT2D eigenvalue weighted by atomic mass is 79.9. The zero-order valence-corrected chi connectivity index (χ0v) is 13.4. The van der Waals surface area contributed by atoms with Gasteiger partial charge in [-0.15, -0.1) is 5.10 Å². The Labute approximate surface area is 133 Å². The fraction of sp³-hybridized carbons (Fsp3) is 0.154. The first kappa shape index (κ1) is 15.6. The van der Waals surface area contributed by atoms with Crippen LogP contribution in [0.4, 0.5) is 0 Å². The topological polar surface area (TPSA) is 99.1 Å². The standard InChI is InChI=1S/C13H12BrN3O3S/c1-2-11-15-13(17-16-11)21-10(12(19)20)6-7-3-4-9(18)8(14)5-7/h3-6,18H,2H2,1H3,(H,19,20)(H,15,16,17)/b10-6-. The van der Waals surface area contributed by atoms with Crippen LogP contribution in [0.15, 0.2) is 32.7 Å². The van der Waals surface area contributed by atoms with E-state index >= 15 is 0 Å². The molecular formula is C13H12BrN3O3S. The van der Waals surface area contributed by atoms with E-state index in [4.69, 9.17) is 0 Å². The van der Waals surface area contributed by atoms with Crippen molar-refractivity contribution in [1.29, 1.82) is 0 Å². The number of rotatable bonds is 5. The predicted molar refractivity (Wildman–Crippen MR) is 83.0 cm³/mol. The Morgan fingerprint density at radius 2 is 2.29 bits per heavy atom. The second-order valence-corrected chi connectivity index (χ2v) is 5.91. The highest BCUT2D eigenvalue weighted by Gasteiger charge is 2.13. The molecule has 1 heterocycles. The van der Waals surface area contributed by atoms with Crippen molar-refractivity contribution in [2.24, 2.45) is 0 Å². The van der Waals surface area contributed by atoms with E-state index in [-0.39, 0.29) is 10.7 Å². The maximum absolute atomic E-state index is 11.3. The molecular weight excluding hydrogens is 358 g/mol. The van der Waals surface area contributed by atoms with Gasteiger partial charge in [0.05, 0.1) is 4.47 Å². The molecule has 21 heavy (non-hydrogen) atoms. The van der Waals surface area contributed by atoms with Crippen molar-refractivity contribution in [3.63, 3.8) is 0 Å². The number of phenolic OH excluding ortho intramolecular Hbond substituents is 1. The summed E-state index contributed by atoms with van der Waals surface area (Å²) in [5.41, 5.74) is 0.649. The van der Waals surface area contributed by atoms with Gasteiger partial charge in [0.1, 0.15) is 16.5 Å². The summed E-state index contributed by atoms with van der Waals surface area (Å²) >= 11 is 4.16. The highest BCUT2D eigenvalue weighted by molar-refractivity contribution is 9.10. The number of aromatic nitrogens is 3. The van der Waals surface area contributed by atoms with E-state index in [2.05, 4.69) is 31.1 Å². The second kappa shape index (κ2) is 6.77. The van der Waals surface area contributed by atoms with Gasteiger partial charge in [-0.1, -0.05) is 13.0 Å². The zero-order valence-electron chi connectivity index (χ0n) is 11.0. The van der Waals surface area contributed by atoms with Crippen LogP contribution in [0, 0.1) is 0 Å². The van der Waals surface area contributed by atoms with Crippen LogP contribution in [-0.2, 0) is 11.2 Å². The molecule has 3 N–H and O–H groups in total. The third-order valence-electron chi connectivity index (χ3n) is 2.53. The lowest BCUT2D eigenvalue weighted by Gasteiger charge is -2.01. The first-order chi connectivity index (χ1) is 9.99. The molecule has 0 atom stereocenters. The summed E-state index contributed by atoms with van der Waals surface area (Å²) in [6.45, 7) is 1.93. The van der Waals surface area contributed by atoms with Crippen LogP contribution < -0.4 is 0 Å². The molecule has 6 nitrogen and oxygen atoms in total. The number of aromatic hydroxyl groups is 1. The quantitative estimate of drug-likeness (QED) is 0.553. The maximum Gasteiger partial charge on any atom is 0.342 e. The van der Waals surface area contributed by atoms with Crippen LogP contribution in [0.1, 0.15) is 18.3 Å². The van der Waals surface area contributed by atoms with Crippen LogP contribution in [0.25, 0.3) is 6.08 Å². The van der Waals surface area contributed by atoms with Gasteiger partial charge in [-0.25, -0.2) is 9.78 Å². The Bertz CT molecular complexity index is 700. The summed E-state index contributed by atoms with van der Waals surface area (Å²) in [5, 5.41) is 25.8. The summed E-state index contributed by atoms with van der Waals surface area (Å²) in [6.07, 6.45) is 2.20. The molecule has 1 aromatic carbocycles. The minimum Gasteiger partial charge on any atom is -0.507 e. The van der Waals surface area contributed by atoms with Gasteiger partial charge in [0, 0.05) is 6.42 Å². The van der Waals surface area contributed by atoms with Crippen molar-refractivity contribution in [2.75, 3.05) is 0 Å². The predicted octanol–water partition coefficient (Wildman–Crippen LogP) is 3.05. The molecule has 0 bridgehead atoms. The summed E-state index contributed by atoms with van der Waals surface area (Å²) in [6, 6.07) is 4.75. The number of thioether (sulfide) groups is 1. The molecule has 2 rings (SSSR count). The summed E-state index contributed by atoms with van der Waals surface area (Å²) in [4.78, 5) is 15.6. The Balaban J connectivity index is 2.27. The Hall–Kier alpha value is -1.80. The number of carbonyl (C=O) groups is 1. The number of phenols is 1. The second-order valence-electron chi connectivity index (χ2n) is 4.04. The maximum atomic E-state index is 11.3. The van der Waals surface area contributed by atoms with Crippen LogP contribution in [-0.4, -0.2) is 31.4 Å². The molecule has 0 aliphatic carbocycles. The molecule has 0 saturated heterocycles. The van der Waals surface area contributed by atoms with Crippen molar-refractivity contribution in [3.8, 4) is 5.75 Å². The van der Waals surface area contributed by atoms with E-state index in [1.165, 1.54) is 12.1 Å². The molecule has 0 radical (unpaired) electrons. The van der Waals surface area contributed by atoms with Gasteiger partial charge in [-0.2, -0.15) is 0 Å². The number of aliphatic carboxylic acids is 1. The number of nitrogens with zero attached hydrogens (tertiary/aromatic N) is 2. The number of carboxylic acids is 1. The van der Waals surface area contributed by atoms with E-state index in [0.717, 1.165) is 11.8 Å². The Kier molecular flexibility index (Phi) is 5.03. The van der Waals surface area contributed by atoms with Gasteiger partial charge in [0.2, 0.25) is 5.16 Å². The summed E-state index contributed by atoms with van der Waals surface area (Å²) < 4.78 is 0.497. The molecule has 110 valence electrons. The van der Waals surface area contributed by atoms with Crippen LogP contribution >= 0.6 is 27.7 Å². The van der Waals surface area contributed by atoms with Crippen molar-refractivity contribution >= 4 is 39.7 Å². The molecule has 0 fully saturated rings. The molecule has 0 aliphatic rings. The van der Waals surface area contributed by atoms with E-state index in [1.807, 2.05) is 6.92 Å². The molecule has 2 aromatic rings. The largest absolute Gasteiger partial charge is 0.507 e. The SMILES string of the molecule is CCc1nc(S/C(=C\c2ccc(O)c(Br)c2)C(=O)O)n[nH]1. The normalized spacial score (nSPS) is 11.6. The number of aryl methyl sites for hydroxylation is 1. The lowest BCUT2D eigenvalue weighted by molar-refractivity contribution is -0.131. The third-order valence-corrected chi connectivity index (χ3v) is 4.04. The third kappa shape index (κ3) is 4.08. The first-order valence-electron chi connectivity index (χ1n) is 6.02. The molecule has 0 unspecified atom stereocenters. The first-order valence-corrected chi connectivity index (χ1v) is 7.63. The van der Waals surface area contributed by atoms with E-state index in [0.29, 0.717) is 27.4 Å². The molecule has 1 aromatic heterocycles.